The molecule has 0 bridgehead atoms. The van der Waals surface area contributed by atoms with E-state index in [0.29, 0.717) is 19.8 Å². The average Bonchev–Trinajstić information content (AvgIpc) is 2.69. The second kappa shape index (κ2) is 9.33. The van der Waals surface area contributed by atoms with E-state index in [1.165, 1.54) is 0 Å². The molecule has 28 heavy (non-hydrogen) atoms. The van der Waals surface area contributed by atoms with Gasteiger partial charge in [-0.15, -0.1) is 0 Å². The summed E-state index contributed by atoms with van der Waals surface area (Å²) < 4.78 is 32.5. The monoisotopic (exact) mass is 394 g/mol. The maximum absolute atomic E-state index is 13.8. The fraction of sp³-hybridized carbons (Fsp3) is 0.412. The van der Waals surface area contributed by atoms with Crippen LogP contribution < -0.4 is 10.6 Å². The van der Waals surface area contributed by atoms with Crippen LogP contribution in [0.2, 0.25) is 0 Å². The number of hydrogen-bond acceptors (Lipinski definition) is 8. The van der Waals surface area contributed by atoms with E-state index in [9.17, 15) is 18.9 Å². The normalized spacial score (nSPS) is 14.6. The number of hydrogen-bond donors (Lipinski definition) is 2. The number of anilines is 3. The first-order valence-corrected chi connectivity index (χ1v) is 8.80. The minimum absolute atomic E-state index is 0.0151. The fourth-order valence-electron chi connectivity index (χ4n) is 2.83. The Hall–Kier alpha value is -2.92. The highest BCUT2D eigenvalue weighted by Gasteiger charge is 2.24. The molecule has 0 spiro atoms. The number of halogens is 2. The molecule has 0 radical (unpaired) electrons. The summed E-state index contributed by atoms with van der Waals surface area (Å²) in [5.74, 6) is -1.64. The Balaban J connectivity index is 1.68. The number of rotatable bonds is 8. The summed E-state index contributed by atoms with van der Waals surface area (Å²) in [5.41, 5.74) is -0.683. The molecule has 11 heteroatoms. The SMILES string of the molecule is O=[N+]([O-])c1c(NCCCN2CCOCC2)ncnc1Nc1cc(F)ccc1F. The van der Waals surface area contributed by atoms with Gasteiger partial charge in [-0.2, -0.15) is 0 Å². The Morgan fingerprint density at radius 2 is 1.96 bits per heavy atom. The first-order chi connectivity index (χ1) is 13.5. The predicted octanol–water partition coefficient (Wildman–Crippen LogP) is 2.54. The van der Waals surface area contributed by atoms with Gasteiger partial charge in [0.2, 0.25) is 11.6 Å². The Morgan fingerprint density at radius 1 is 1.21 bits per heavy atom. The van der Waals surface area contributed by atoms with Crippen molar-refractivity contribution in [1.82, 2.24) is 14.9 Å². The minimum atomic E-state index is -0.755. The lowest BCUT2D eigenvalue weighted by atomic mass is 10.3. The van der Waals surface area contributed by atoms with E-state index in [4.69, 9.17) is 4.74 Å². The van der Waals surface area contributed by atoms with Crippen LogP contribution in [0.15, 0.2) is 24.5 Å². The topological polar surface area (TPSA) is 105 Å². The highest BCUT2D eigenvalue weighted by molar-refractivity contribution is 5.73. The third kappa shape index (κ3) is 5.08. The van der Waals surface area contributed by atoms with Gasteiger partial charge in [0.25, 0.3) is 0 Å². The number of nitrogens with one attached hydrogen (secondary N) is 2. The molecule has 9 nitrogen and oxygen atoms in total. The van der Waals surface area contributed by atoms with E-state index < -0.39 is 22.2 Å². The van der Waals surface area contributed by atoms with Crippen LogP contribution in [0.3, 0.4) is 0 Å². The molecule has 2 heterocycles. The van der Waals surface area contributed by atoms with E-state index in [2.05, 4.69) is 25.5 Å². The third-order valence-electron chi connectivity index (χ3n) is 4.23. The molecule has 1 aliphatic rings. The van der Waals surface area contributed by atoms with Gasteiger partial charge in [-0.25, -0.2) is 18.7 Å². The van der Waals surface area contributed by atoms with E-state index in [1.807, 2.05) is 0 Å². The Bertz CT molecular complexity index is 833. The lowest BCUT2D eigenvalue weighted by Gasteiger charge is -2.26. The Morgan fingerprint density at radius 3 is 2.71 bits per heavy atom. The van der Waals surface area contributed by atoms with Gasteiger partial charge in [0.05, 0.1) is 23.8 Å². The van der Waals surface area contributed by atoms with Gasteiger partial charge >= 0.3 is 5.69 Å². The van der Waals surface area contributed by atoms with Crippen LogP contribution in [0.4, 0.5) is 31.8 Å². The van der Waals surface area contributed by atoms with Gasteiger partial charge in [-0.3, -0.25) is 15.0 Å². The maximum atomic E-state index is 13.8. The standard InChI is InChI=1S/C17H20F2N6O3/c18-12-2-3-13(19)14(10-12)23-17-15(25(26)27)16(21-11-22-17)20-4-1-5-24-6-8-28-9-7-24/h2-3,10-11H,1,4-9H2,(H2,20,21,22,23). The molecular formula is C17H20F2N6O3. The van der Waals surface area contributed by atoms with Gasteiger partial charge in [0.15, 0.2) is 0 Å². The molecule has 1 aromatic carbocycles. The van der Waals surface area contributed by atoms with Crippen molar-refractivity contribution < 1.29 is 18.4 Å². The Kier molecular flexibility index (Phi) is 6.61. The third-order valence-corrected chi connectivity index (χ3v) is 4.23. The summed E-state index contributed by atoms with van der Waals surface area (Å²) in [6, 6.07) is 2.78. The van der Waals surface area contributed by atoms with E-state index >= 15 is 0 Å². The van der Waals surface area contributed by atoms with Gasteiger partial charge in [0.1, 0.15) is 18.0 Å². The van der Waals surface area contributed by atoms with Crippen LogP contribution in [0, 0.1) is 21.7 Å². The molecule has 0 amide bonds. The summed E-state index contributed by atoms with van der Waals surface area (Å²) >= 11 is 0. The zero-order chi connectivity index (χ0) is 19.9. The second-order valence-corrected chi connectivity index (χ2v) is 6.16. The van der Waals surface area contributed by atoms with Crippen LogP contribution in [0.1, 0.15) is 6.42 Å². The molecule has 1 aromatic heterocycles. The number of nitro groups is 1. The van der Waals surface area contributed by atoms with Crippen LogP contribution in [0.25, 0.3) is 0 Å². The first kappa shape index (κ1) is 19.8. The van der Waals surface area contributed by atoms with Gasteiger partial charge in [-0.1, -0.05) is 0 Å². The smallest absolute Gasteiger partial charge is 0.353 e. The number of aromatic nitrogens is 2. The summed E-state index contributed by atoms with van der Waals surface area (Å²) in [5, 5.41) is 16.9. The molecule has 3 rings (SSSR count). The van der Waals surface area contributed by atoms with Crippen LogP contribution in [-0.4, -0.2) is 59.2 Å². The molecule has 1 aliphatic heterocycles. The molecular weight excluding hydrogens is 374 g/mol. The van der Waals surface area contributed by atoms with Crippen LogP contribution >= 0.6 is 0 Å². The summed E-state index contributed by atoms with van der Waals surface area (Å²) in [6.45, 7) is 4.42. The highest BCUT2D eigenvalue weighted by atomic mass is 19.1. The Labute approximate surface area is 159 Å². The van der Waals surface area contributed by atoms with Crippen molar-refractivity contribution >= 4 is 23.0 Å². The van der Waals surface area contributed by atoms with Crippen molar-refractivity contribution in [2.75, 3.05) is 50.0 Å². The van der Waals surface area contributed by atoms with Gasteiger partial charge in [0, 0.05) is 25.7 Å². The molecule has 0 atom stereocenters. The summed E-state index contributed by atoms with van der Waals surface area (Å²) in [7, 11) is 0. The van der Waals surface area contributed by atoms with Crippen molar-refractivity contribution in [3.05, 3.63) is 46.3 Å². The maximum Gasteiger partial charge on any atom is 0.353 e. The number of ether oxygens (including phenoxy) is 1. The molecule has 2 aromatic rings. The van der Waals surface area contributed by atoms with Crippen LogP contribution in [-0.2, 0) is 4.74 Å². The van der Waals surface area contributed by atoms with Gasteiger partial charge < -0.3 is 15.4 Å². The van der Waals surface area contributed by atoms with E-state index in [-0.39, 0.29) is 17.3 Å². The summed E-state index contributed by atoms with van der Waals surface area (Å²) in [6.07, 6.45) is 1.87. The van der Waals surface area contributed by atoms with Crippen molar-refractivity contribution in [3.8, 4) is 0 Å². The molecule has 1 saturated heterocycles. The van der Waals surface area contributed by atoms with Crippen molar-refractivity contribution in [2.45, 2.75) is 6.42 Å². The zero-order valence-electron chi connectivity index (χ0n) is 15.0. The molecule has 0 saturated carbocycles. The second-order valence-electron chi connectivity index (χ2n) is 6.16. The highest BCUT2D eigenvalue weighted by Crippen LogP contribution is 2.32. The lowest BCUT2D eigenvalue weighted by Crippen LogP contribution is -2.37. The largest absolute Gasteiger partial charge is 0.379 e. The molecule has 0 unspecified atom stereocenters. The fourth-order valence-corrected chi connectivity index (χ4v) is 2.83. The van der Waals surface area contributed by atoms with Crippen molar-refractivity contribution in [2.24, 2.45) is 0 Å². The number of morpholine rings is 1. The number of nitrogens with zero attached hydrogens (tertiary/aromatic N) is 4. The minimum Gasteiger partial charge on any atom is -0.379 e. The van der Waals surface area contributed by atoms with Crippen LogP contribution in [0.5, 0.6) is 0 Å². The molecule has 150 valence electrons. The lowest BCUT2D eigenvalue weighted by molar-refractivity contribution is -0.383. The summed E-state index contributed by atoms with van der Waals surface area (Å²) in [4.78, 5) is 20.8. The van der Waals surface area contributed by atoms with Gasteiger partial charge in [-0.05, 0) is 25.1 Å². The first-order valence-electron chi connectivity index (χ1n) is 8.80. The molecule has 1 fully saturated rings. The molecule has 2 N–H and O–H groups in total. The van der Waals surface area contributed by atoms with E-state index in [1.54, 1.807) is 0 Å². The van der Waals surface area contributed by atoms with Crippen molar-refractivity contribution in [3.63, 3.8) is 0 Å². The van der Waals surface area contributed by atoms with Crippen molar-refractivity contribution in [1.29, 1.82) is 0 Å². The average molecular weight is 394 g/mol. The van der Waals surface area contributed by atoms with E-state index in [0.717, 1.165) is 50.6 Å². The zero-order valence-corrected chi connectivity index (χ0v) is 15.0. The predicted molar refractivity (Wildman–Crippen MR) is 98.7 cm³/mol. The number of benzene rings is 1. The molecule has 0 aliphatic carbocycles. The quantitative estimate of drug-likeness (QED) is 0.400.